The van der Waals surface area contributed by atoms with Gasteiger partial charge in [0.1, 0.15) is 5.82 Å². The molecular formula is C15H22FNO2. The molecule has 1 rings (SSSR count). The lowest BCUT2D eigenvalue weighted by Crippen LogP contribution is -2.28. The number of aromatic carboxylic acids is 1. The Morgan fingerprint density at radius 1 is 1.37 bits per heavy atom. The molecule has 0 heterocycles. The molecule has 19 heavy (non-hydrogen) atoms. The van der Waals surface area contributed by atoms with E-state index in [1.165, 1.54) is 6.07 Å². The predicted molar refractivity (Wildman–Crippen MR) is 73.8 cm³/mol. The number of nitrogens with zero attached hydrogens (tertiary/aromatic N) is 1. The van der Waals surface area contributed by atoms with Crippen molar-refractivity contribution in [1.29, 1.82) is 0 Å². The zero-order valence-corrected chi connectivity index (χ0v) is 11.8. The van der Waals surface area contributed by atoms with E-state index < -0.39 is 11.8 Å². The van der Waals surface area contributed by atoms with Crippen molar-refractivity contribution in [2.24, 2.45) is 5.92 Å². The van der Waals surface area contributed by atoms with Gasteiger partial charge in [0.2, 0.25) is 0 Å². The molecule has 0 aliphatic carbocycles. The minimum absolute atomic E-state index is 0.00888. The molecule has 1 aromatic rings. The molecule has 0 bridgehead atoms. The molecule has 106 valence electrons. The number of hydrogen-bond acceptors (Lipinski definition) is 2. The highest BCUT2D eigenvalue weighted by Gasteiger charge is 2.11. The van der Waals surface area contributed by atoms with Crippen LogP contribution in [-0.4, -0.2) is 29.1 Å². The summed E-state index contributed by atoms with van der Waals surface area (Å²) in [5, 5.41) is 8.93. The number of rotatable bonds is 7. The van der Waals surface area contributed by atoms with Crippen LogP contribution < -0.4 is 0 Å². The van der Waals surface area contributed by atoms with E-state index in [1.807, 2.05) is 0 Å². The Bertz CT molecular complexity index is 434. The molecule has 0 spiro atoms. The third-order valence-corrected chi connectivity index (χ3v) is 3.32. The maximum Gasteiger partial charge on any atom is 0.335 e. The molecule has 1 aromatic carbocycles. The van der Waals surface area contributed by atoms with Crippen molar-refractivity contribution in [3.05, 3.63) is 35.1 Å². The molecular weight excluding hydrogens is 245 g/mol. The van der Waals surface area contributed by atoms with Crippen LogP contribution in [0.15, 0.2) is 18.2 Å². The molecule has 1 atom stereocenters. The van der Waals surface area contributed by atoms with Gasteiger partial charge in [0.25, 0.3) is 0 Å². The molecule has 1 unspecified atom stereocenters. The molecule has 4 heteroatoms. The smallest absolute Gasteiger partial charge is 0.335 e. The van der Waals surface area contributed by atoms with Crippen molar-refractivity contribution in [1.82, 2.24) is 4.90 Å². The third-order valence-electron chi connectivity index (χ3n) is 3.32. The normalized spacial score (nSPS) is 12.7. The second kappa shape index (κ2) is 7.24. The van der Waals surface area contributed by atoms with Crippen molar-refractivity contribution >= 4 is 5.97 Å². The summed E-state index contributed by atoms with van der Waals surface area (Å²) >= 11 is 0. The Kier molecular flexibility index (Phi) is 5.96. The van der Waals surface area contributed by atoms with Gasteiger partial charge >= 0.3 is 5.97 Å². The van der Waals surface area contributed by atoms with Gasteiger partial charge in [-0.25, -0.2) is 9.18 Å². The molecule has 0 aliphatic rings. The summed E-state index contributed by atoms with van der Waals surface area (Å²) < 4.78 is 13.4. The maximum absolute atomic E-state index is 13.4. The molecule has 0 fully saturated rings. The van der Waals surface area contributed by atoms with Gasteiger partial charge in [-0.1, -0.05) is 27.2 Å². The number of benzene rings is 1. The van der Waals surface area contributed by atoms with Crippen molar-refractivity contribution in [2.75, 3.05) is 13.1 Å². The maximum atomic E-state index is 13.4. The molecule has 0 saturated heterocycles. The Morgan fingerprint density at radius 2 is 2.05 bits per heavy atom. The van der Waals surface area contributed by atoms with Crippen molar-refractivity contribution < 1.29 is 14.3 Å². The van der Waals surface area contributed by atoms with E-state index in [0.717, 1.165) is 25.6 Å². The first-order valence-electron chi connectivity index (χ1n) is 6.71. The minimum Gasteiger partial charge on any atom is -0.478 e. The molecule has 0 radical (unpaired) electrons. The second-order valence-corrected chi connectivity index (χ2v) is 4.99. The average Bonchev–Trinajstić information content (AvgIpc) is 2.36. The zero-order chi connectivity index (χ0) is 14.4. The number of hydrogen-bond donors (Lipinski definition) is 1. The van der Waals surface area contributed by atoms with E-state index in [2.05, 4.69) is 25.7 Å². The van der Waals surface area contributed by atoms with E-state index in [4.69, 9.17) is 5.11 Å². The molecule has 1 N–H and O–H groups in total. The van der Waals surface area contributed by atoms with Crippen molar-refractivity contribution in [3.63, 3.8) is 0 Å². The first-order valence-corrected chi connectivity index (χ1v) is 6.71. The highest BCUT2D eigenvalue weighted by Crippen LogP contribution is 2.13. The second-order valence-electron chi connectivity index (χ2n) is 4.99. The molecule has 0 aliphatic heterocycles. The highest BCUT2D eigenvalue weighted by atomic mass is 19.1. The summed E-state index contributed by atoms with van der Waals surface area (Å²) in [6.45, 7) is 8.76. The Morgan fingerprint density at radius 3 is 2.58 bits per heavy atom. The van der Waals surface area contributed by atoms with Crippen LogP contribution in [0.1, 0.15) is 43.1 Å². The van der Waals surface area contributed by atoms with Crippen LogP contribution in [0, 0.1) is 11.7 Å². The first kappa shape index (κ1) is 15.6. The van der Waals surface area contributed by atoms with Gasteiger partial charge in [-0.05, 0) is 36.2 Å². The molecule has 0 amide bonds. The van der Waals surface area contributed by atoms with Crippen LogP contribution in [0.2, 0.25) is 0 Å². The average molecular weight is 267 g/mol. The lowest BCUT2D eigenvalue weighted by atomic mass is 10.1. The summed E-state index contributed by atoms with van der Waals surface area (Å²) in [7, 11) is 0. The molecule has 0 aromatic heterocycles. The lowest BCUT2D eigenvalue weighted by Gasteiger charge is -2.23. The van der Waals surface area contributed by atoms with E-state index in [0.29, 0.717) is 18.0 Å². The summed E-state index contributed by atoms with van der Waals surface area (Å²) in [6.07, 6.45) is 1.10. The van der Waals surface area contributed by atoms with Crippen LogP contribution in [-0.2, 0) is 6.54 Å². The van der Waals surface area contributed by atoms with E-state index in [1.54, 1.807) is 6.07 Å². The Labute approximate surface area is 114 Å². The third kappa shape index (κ3) is 4.99. The quantitative estimate of drug-likeness (QED) is 0.823. The molecule has 3 nitrogen and oxygen atoms in total. The largest absolute Gasteiger partial charge is 0.478 e. The van der Waals surface area contributed by atoms with Crippen molar-refractivity contribution in [2.45, 2.75) is 33.7 Å². The lowest BCUT2D eigenvalue weighted by molar-refractivity contribution is 0.0696. The standard InChI is InChI=1S/C15H22FNO2/c1-4-11(3)9-17(5-2)10-12-6-13(15(18)19)8-14(16)7-12/h6-8,11H,4-5,9-10H2,1-3H3,(H,18,19). The van der Waals surface area contributed by atoms with Gasteiger partial charge in [-0.15, -0.1) is 0 Å². The Balaban J connectivity index is 2.82. The fraction of sp³-hybridized carbons (Fsp3) is 0.533. The number of carboxylic acids is 1. The van der Waals surface area contributed by atoms with Crippen molar-refractivity contribution in [3.8, 4) is 0 Å². The number of halogens is 1. The monoisotopic (exact) mass is 267 g/mol. The van der Waals surface area contributed by atoms with Gasteiger partial charge in [0, 0.05) is 13.1 Å². The molecule has 0 saturated carbocycles. The summed E-state index contributed by atoms with van der Waals surface area (Å²) in [5.74, 6) is -1.01. The van der Waals surface area contributed by atoms with Crippen LogP contribution >= 0.6 is 0 Å². The van der Waals surface area contributed by atoms with Gasteiger partial charge < -0.3 is 5.11 Å². The van der Waals surface area contributed by atoms with Crippen LogP contribution in [0.5, 0.6) is 0 Å². The van der Waals surface area contributed by atoms with E-state index >= 15 is 0 Å². The zero-order valence-electron chi connectivity index (χ0n) is 11.8. The highest BCUT2D eigenvalue weighted by molar-refractivity contribution is 5.87. The SMILES string of the molecule is CCC(C)CN(CC)Cc1cc(F)cc(C(=O)O)c1. The fourth-order valence-corrected chi connectivity index (χ4v) is 2.00. The minimum atomic E-state index is -1.09. The summed E-state index contributed by atoms with van der Waals surface area (Å²) in [5.41, 5.74) is 0.720. The summed E-state index contributed by atoms with van der Waals surface area (Å²) in [6, 6.07) is 4.01. The predicted octanol–water partition coefficient (Wildman–Crippen LogP) is 3.39. The summed E-state index contributed by atoms with van der Waals surface area (Å²) in [4.78, 5) is 13.1. The van der Waals surface area contributed by atoms with E-state index in [9.17, 15) is 9.18 Å². The van der Waals surface area contributed by atoms with Gasteiger partial charge in [-0.2, -0.15) is 0 Å². The number of carbonyl (C=O) groups is 1. The van der Waals surface area contributed by atoms with Gasteiger partial charge in [0.15, 0.2) is 0 Å². The first-order chi connectivity index (χ1) is 8.96. The topological polar surface area (TPSA) is 40.5 Å². The fourth-order valence-electron chi connectivity index (χ4n) is 2.00. The van der Waals surface area contributed by atoms with Gasteiger partial charge in [-0.3, -0.25) is 4.90 Å². The van der Waals surface area contributed by atoms with E-state index in [-0.39, 0.29) is 5.56 Å². The number of carboxylic acid groups (broad SMARTS) is 1. The van der Waals surface area contributed by atoms with Crippen LogP contribution in [0.3, 0.4) is 0 Å². The van der Waals surface area contributed by atoms with Crippen LogP contribution in [0.4, 0.5) is 4.39 Å². The van der Waals surface area contributed by atoms with Crippen LogP contribution in [0.25, 0.3) is 0 Å². The Hall–Kier alpha value is -1.42. The van der Waals surface area contributed by atoms with Gasteiger partial charge in [0.05, 0.1) is 5.56 Å².